The zero-order chi connectivity index (χ0) is 18.3. The monoisotopic (exact) mass is 366 g/mol. The molecule has 4 aliphatic rings. The van der Waals surface area contributed by atoms with Crippen LogP contribution in [0, 0.1) is 17.8 Å². The quantitative estimate of drug-likeness (QED) is 0.852. The van der Waals surface area contributed by atoms with Crippen LogP contribution in [-0.2, 0) is 6.54 Å². The molecule has 2 aromatic rings. The highest BCUT2D eigenvalue weighted by molar-refractivity contribution is 5.74. The van der Waals surface area contributed by atoms with Crippen LogP contribution in [0.2, 0.25) is 0 Å². The number of imidazole rings is 1. The van der Waals surface area contributed by atoms with Gasteiger partial charge in [0.15, 0.2) is 11.6 Å². The average Bonchev–Trinajstić information content (AvgIpc) is 3.09. The van der Waals surface area contributed by atoms with Gasteiger partial charge in [-0.05, 0) is 62.3 Å². The molecule has 0 spiro atoms. The summed E-state index contributed by atoms with van der Waals surface area (Å²) in [7, 11) is 0. The van der Waals surface area contributed by atoms with Gasteiger partial charge in [0.1, 0.15) is 0 Å². The molecule has 0 saturated heterocycles. The second kappa shape index (κ2) is 6.62. The maximum Gasteiger partial charge on any atom is 0.315 e. The molecule has 0 aromatic carbocycles. The van der Waals surface area contributed by atoms with Gasteiger partial charge in [-0.3, -0.25) is 0 Å². The molecule has 0 aliphatic heterocycles. The zero-order valence-electron chi connectivity index (χ0n) is 15.5. The van der Waals surface area contributed by atoms with Crippen LogP contribution in [0.4, 0.5) is 4.79 Å². The fourth-order valence-corrected chi connectivity index (χ4v) is 5.95. The molecule has 0 unspecified atom stereocenters. The molecule has 4 bridgehead atoms. The Morgan fingerprint density at radius 3 is 2.37 bits per heavy atom. The smallest absolute Gasteiger partial charge is 0.315 e. The number of carbonyl (C=O) groups is 1. The lowest BCUT2D eigenvalue weighted by molar-refractivity contribution is -0.0135. The largest absolute Gasteiger partial charge is 0.336 e. The van der Waals surface area contributed by atoms with Crippen molar-refractivity contribution < 1.29 is 4.79 Å². The van der Waals surface area contributed by atoms with Crippen molar-refractivity contribution in [3.63, 3.8) is 0 Å². The average molecular weight is 366 g/mol. The van der Waals surface area contributed by atoms with Crippen LogP contribution in [0.3, 0.4) is 0 Å². The van der Waals surface area contributed by atoms with E-state index in [4.69, 9.17) is 0 Å². The van der Waals surface area contributed by atoms with Crippen molar-refractivity contribution in [2.75, 3.05) is 6.54 Å². The minimum absolute atomic E-state index is 0.0328. The second-order valence-electron chi connectivity index (χ2n) is 8.60. The van der Waals surface area contributed by atoms with Crippen molar-refractivity contribution in [3.05, 3.63) is 30.9 Å². The van der Waals surface area contributed by atoms with E-state index in [0.29, 0.717) is 18.9 Å². The summed E-state index contributed by atoms with van der Waals surface area (Å²) in [4.78, 5) is 25.4. The fourth-order valence-electron chi connectivity index (χ4n) is 5.95. The van der Waals surface area contributed by atoms with Crippen LogP contribution >= 0.6 is 0 Å². The second-order valence-corrected chi connectivity index (χ2v) is 8.60. The van der Waals surface area contributed by atoms with E-state index in [1.807, 2.05) is 10.8 Å². The highest BCUT2D eigenvalue weighted by atomic mass is 16.2. The van der Waals surface area contributed by atoms with Crippen LogP contribution in [0.15, 0.2) is 30.9 Å². The highest BCUT2D eigenvalue weighted by Gasteiger charge is 2.51. The molecule has 2 N–H and O–H groups in total. The number of carbonyl (C=O) groups excluding carboxylic acids is 1. The van der Waals surface area contributed by atoms with Gasteiger partial charge in [0.2, 0.25) is 0 Å². The van der Waals surface area contributed by atoms with Crippen LogP contribution in [0.5, 0.6) is 0 Å². The van der Waals surface area contributed by atoms with Gasteiger partial charge in [-0.1, -0.05) is 0 Å². The lowest BCUT2D eigenvalue weighted by Gasteiger charge is -2.56. The molecule has 4 aliphatic carbocycles. The molecule has 27 heavy (non-hydrogen) atoms. The maximum absolute atomic E-state index is 12.5. The minimum Gasteiger partial charge on any atom is -0.336 e. The number of aromatic nitrogens is 4. The third kappa shape index (κ3) is 3.31. The molecular weight excluding hydrogens is 340 g/mol. The molecule has 4 saturated carbocycles. The normalized spacial score (nSPS) is 31.0. The highest BCUT2D eigenvalue weighted by Crippen LogP contribution is 2.55. The number of nitrogens with zero attached hydrogens (tertiary/aromatic N) is 4. The zero-order valence-corrected chi connectivity index (χ0v) is 15.5. The van der Waals surface area contributed by atoms with Gasteiger partial charge in [0.25, 0.3) is 0 Å². The number of amides is 2. The lowest BCUT2D eigenvalue weighted by atomic mass is 9.53. The summed E-state index contributed by atoms with van der Waals surface area (Å²) in [6, 6.07) is 1.75. The van der Waals surface area contributed by atoms with Gasteiger partial charge in [-0.2, -0.15) is 0 Å². The Morgan fingerprint density at radius 2 is 1.70 bits per heavy atom. The summed E-state index contributed by atoms with van der Waals surface area (Å²) in [6.07, 6.45) is 14.7. The standard InChI is InChI=1S/C20H26N6O/c27-19(25-20-11-14-8-15(12-20)10-16(9-14)13-20)24-5-7-26-6-4-23-18(26)17-21-2-1-3-22-17/h1-4,6,14-16H,5,7-13H2,(H2,24,25,27). The maximum atomic E-state index is 12.5. The predicted octanol–water partition coefficient (Wildman–Crippen LogP) is 2.61. The summed E-state index contributed by atoms with van der Waals surface area (Å²) in [5.41, 5.74) is 0.0525. The molecule has 0 radical (unpaired) electrons. The Labute approximate surface area is 159 Å². The Balaban J connectivity index is 1.16. The number of rotatable bonds is 5. The molecule has 0 atom stereocenters. The van der Waals surface area contributed by atoms with Crippen molar-refractivity contribution in [2.45, 2.75) is 50.6 Å². The van der Waals surface area contributed by atoms with Crippen molar-refractivity contribution in [3.8, 4) is 11.6 Å². The van der Waals surface area contributed by atoms with Crippen LogP contribution in [-0.4, -0.2) is 37.6 Å². The van der Waals surface area contributed by atoms with Gasteiger partial charge in [-0.25, -0.2) is 19.7 Å². The molecule has 142 valence electrons. The molecule has 2 aromatic heterocycles. The number of hydrogen-bond acceptors (Lipinski definition) is 4. The van der Waals surface area contributed by atoms with Crippen molar-refractivity contribution in [1.82, 2.24) is 30.2 Å². The van der Waals surface area contributed by atoms with Crippen molar-refractivity contribution in [2.24, 2.45) is 17.8 Å². The number of urea groups is 1. The van der Waals surface area contributed by atoms with E-state index in [2.05, 4.69) is 25.6 Å². The summed E-state index contributed by atoms with van der Waals surface area (Å²) in [6.45, 7) is 1.19. The molecule has 2 amide bonds. The van der Waals surface area contributed by atoms with Gasteiger partial charge in [0.05, 0.1) is 0 Å². The molecule has 7 heteroatoms. The molecule has 7 nitrogen and oxygen atoms in total. The molecular formula is C20H26N6O. The first kappa shape index (κ1) is 16.7. The fraction of sp³-hybridized carbons (Fsp3) is 0.600. The summed E-state index contributed by atoms with van der Waals surface area (Å²) >= 11 is 0. The van der Waals surface area contributed by atoms with Crippen molar-refractivity contribution >= 4 is 6.03 Å². The predicted molar refractivity (Wildman–Crippen MR) is 101 cm³/mol. The first-order valence-electron chi connectivity index (χ1n) is 10.0. The third-order valence-corrected chi connectivity index (χ3v) is 6.54. The van der Waals surface area contributed by atoms with E-state index in [1.165, 1.54) is 38.5 Å². The summed E-state index contributed by atoms with van der Waals surface area (Å²) in [5, 5.41) is 6.39. The summed E-state index contributed by atoms with van der Waals surface area (Å²) < 4.78 is 1.97. The SMILES string of the molecule is O=C(NCCn1ccnc1-c1ncccn1)NC12CC3CC(CC(C3)C1)C2. The number of nitrogens with one attached hydrogen (secondary N) is 2. The van der Waals surface area contributed by atoms with E-state index in [9.17, 15) is 4.79 Å². The van der Waals surface area contributed by atoms with Gasteiger partial charge < -0.3 is 15.2 Å². The van der Waals surface area contributed by atoms with Crippen LogP contribution in [0.1, 0.15) is 38.5 Å². The molecule has 6 rings (SSSR count). The van der Waals surface area contributed by atoms with Gasteiger partial charge in [0, 0.05) is 43.4 Å². The first-order valence-corrected chi connectivity index (χ1v) is 10.0. The van der Waals surface area contributed by atoms with Gasteiger partial charge >= 0.3 is 6.03 Å². The Kier molecular flexibility index (Phi) is 4.10. The first-order chi connectivity index (χ1) is 13.2. The lowest BCUT2D eigenvalue weighted by Crippen LogP contribution is -2.61. The van der Waals surface area contributed by atoms with E-state index in [0.717, 1.165) is 23.6 Å². The van der Waals surface area contributed by atoms with Gasteiger partial charge in [-0.15, -0.1) is 0 Å². The minimum atomic E-state index is -0.0328. The van der Waals surface area contributed by atoms with Crippen LogP contribution in [0.25, 0.3) is 11.6 Å². The van der Waals surface area contributed by atoms with Crippen molar-refractivity contribution in [1.29, 1.82) is 0 Å². The number of hydrogen-bond donors (Lipinski definition) is 2. The molecule has 2 heterocycles. The van der Waals surface area contributed by atoms with E-state index in [1.54, 1.807) is 24.7 Å². The Morgan fingerprint density at radius 1 is 1.04 bits per heavy atom. The Hall–Kier alpha value is -2.44. The van der Waals surface area contributed by atoms with E-state index in [-0.39, 0.29) is 11.6 Å². The Bertz CT molecular complexity index is 782. The van der Waals surface area contributed by atoms with E-state index < -0.39 is 0 Å². The third-order valence-electron chi connectivity index (χ3n) is 6.54. The molecule has 4 fully saturated rings. The van der Waals surface area contributed by atoms with E-state index >= 15 is 0 Å². The topological polar surface area (TPSA) is 84.7 Å². The summed E-state index contributed by atoms with van der Waals surface area (Å²) in [5.74, 6) is 3.81. The van der Waals surface area contributed by atoms with Crippen LogP contribution < -0.4 is 10.6 Å².